The van der Waals surface area contributed by atoms with E-state index in [1.54, 1.807) is 6.20 Å². The van der Waals surface area contributed by atoms with E-state index in [1.165, 1.54) is 11.3 Å². The number of amides is 1. The summed E-state index contributed by atoms with van der Waals surface area (Å²) in [4.78, 5) is 27.4. The molecule has 0 spiro atoms. The summed E-state index contributed by atoms with van der Waals surface area (Å²) in [6.07, 6.45) is 3.92. The lowest BCUT2D eigenvalue weighted by molar-refractivity contribution is 0.102. The maximum absolute atomic E-state index is 13.1. The normalized spacial score (nSPS) is 13.8. The zero-order valence-corrected chi connectivity index (χ0v) is 16.2. The van der Waals surface area contributed by atoms with Crippen LogP contribution in [0.2, 0.25) is 0 Å². The zero-order chi connectivity index (χ0) is 19.3. The van der Waals surface area contributed by atoms with E-state index >= 15 is 0 Å². The van der Waals surface area contributed by atoms with Crippen molar-refractivity contribution in [1.82, 2.24) is 20.1 Å². The average Bonchev–Trinajstić information content (AvgIpc) is 3.40. The van der Waals surface area contributed by atoms with Gasteiger partial charge >= 0.3 is 0 Å². The molecular formula is C20H17N5O2S. The molecule has 1 aliphatic carbocycles. The molecule has 0 unspecified atom stereocenters. The van der Waals surface area contributed by atoms with Gasteiger partial charge < -0.3 is 4.52 Å². The standard InChI is InChI=1S/C20H17N5O2S/c1-10-16-13(9-15(12-6-7-12)23-19(16)27-25-10)18(26)24-20-22-11(2)17(28-20)14-5-3-4-8-21-14/h3-5,8-9,12H,6-7H2,1-2H3,(H,22,24,26). The summed E-state index contributed by atoms with van der Waals surface area (Å²) in [6, 6.07) is 7.60. The molecule has 1 amide bonds. The Bertz CT molecular complexity index is 1190. The lowest BCUT2D eigenvalue weighted by atomic mass is 10.1. The number of nitrogens with one attached hydrogen (secondary N) is 1. The van der Waals surface area contributed by atoms with Gasteiger partial charge in [-0.05, 0) is 44.9 Å². The minimum Gasteiger partial charge on any atom is -0.336 e. The molecule has 140 valence electrons. The summed E-state index contributed by atoms with van der Waals surface area (Å²) < 4.78 is 5.33. The van der Waals surface area contributed by atoms with Crippen LogP contribution in [0.1, 0.15) is 46.2 Å². The predicted octanol–water partition coefficient (Wildman–Crippen LogP) is 4.49. The number of thiazole rings is 1. The van der Waals surface area contributed by atoms with Crippen molar-refractivity contribution in [2.24, 2.45) is 0 Å². The number of anilines is 1. The van der Waals surface area contributed by atoms with Gasteiger partial charge in [-0.2, -0.15) is 0 Å². The third kappa shape index (κ3) is 2.95. The largest absolute Gasteiger partial charge is 0.336 e. The molecule has 4 aromatic rings. The number of rotatable bonds is 4. The van der Waals surface area contributed by atoms with Crippen molar-refractivity contribution >= 4 is 33.5 Å². The molecule has 0 saturated heterocycles. The van der Waals surface area contributed by atoms with Crippen molar-refractivity contribution in [3.05, 3.63) is 53.1 Å². The second-order valence-electron chi connectivity index (χ2n) is 6.92. The lowest BCUT2D eigenvalue weighted by Crippen LogP contribution is -2.13. The molecule has 0 aromatic carbocycles. The summed E-state index contributed by atoms with van der Waals surface area (Å²) >= 11 is 1.41. The van der Waals surface area contributed by atoms with Gasteiger partial charge in [-0.15, -0.1) is 0 Å². The van der Waals surface area contributed by atoms with Gasteiger partial charge in [0.25, 0.3) is 11.6 Å². The Balaban J connectivity index is 1.50. The number of aromatic nitrogens is 4. The van der Waals surface area contributed by atoms with Crippen LogP contribution in [0.3, 0.4) is 0 Å². The number of pyridine rings is 2. The van der Waals surface area contributed by atoms with Crippen molar-refractivity contribution in [3.8, 4) is 10.6 Å². The van der Waals surface area contributed by atoms with Gasteiger partial charge in [0.15, 0.2) is 5.13 Å². The Kier molecular flexibility index (Phi) is 3.94. The van der Waals surface area contributed by atoms with Crippen LogP contribution in [-0.2, 0) is 0 Å². The molecule has 0 aliphatic heterocycles. The van der Waals surface area contributed by atoms with Crippen molar-refractivity contribution < 1.29 is 9.32 Å². The average molecular weight is 391 g/mol. The molecule has 0 atom stereocenters. The number of hydrogen-bond donors (Lipinski definition) is 1. The van der Waals surface area contributed by atoms with Crippen molar-refractivity contribution in [1.29, 1.82) is 0 Å². The molecule has 28 heavy (non-hydrogen) atoms. The van der Waals surface area contributed by atoms with Crippen LogP contribution < -0.4 is 5.32 Å². The topological polar surface area (TPSA) is 93.8 Å². The molecule has 1 fully saturated rings. The first-order chi connectivity index (χ1) is 13.6. The third-order valence-electron chi connectivity index (χ3n) is 4.79. The lowest BCUT2D eigenvalue weighted by Gasteiger charge is -2.05. The summed E-state index contributed by atoms with van der Waals surface area (Å²) in [7, 11) is 0. The van der Waals surface area contributed by atoms with Gasteiger partial charge in [0, 0.05) is 17.8 Å². The molecule has 0 bridgehead atoms. The molecule has 4 heterocycles. The fourth-order valence-electron chi connectivity index (χ4n) is 3.23. The first-order valence-electron chi connectivity index (χ1n) is 9.07. The quantitative estimate of drug-likeness (QED) is 0.551. The summed E-state index contributed by atoms with van der Waals surface area (Å²) in [6.45, 7) is 3.73. The van der Waals surface area contributed by atoms with E-state index in [0.29, 0.717) is 33.4 Å². The Morgan fingerprint density at radius 3 is 2.82 bits per heavy atom. The van der Waals surface area contributed by atoms with Crippen LogP contribution >= 0.6 is 11.3 Å². The van der Waals surface area contributed by atoms with Gasteiger partial charge in [-0.1, -0.05) is 22.6 Å². The van der Waals surface area contributed by atoms with Gasteiger partial charge in [0.05, 0.1) is 32.9 Å². The Labute approximate surface area is 164 Å². The van der Waals surface area contributed by atoms with Crippen LogP contribution in [-0.4, -0.2) is 26.0 Å². The fraction of sp³-hybridized carbons (Fsp3) is 0.250. The first-order valence-corrected chi connectivity index (χ1v) is 9.89. The predicted molar refractivity (Wildman–Crippen MR) is 107 cm³/mol. The van der Waals surface area contributed by atoms with Crippen LogP contribution in [0.25, 0.3) is 21.7 Å². The van der Waals surface area contributed by atoms with E-state index in [-0.39, 0.29) is 5.91 Å². The number of fused-ring (bicyclic) bond motifs is 1. The molecule has 5 rings (SSSR count). The third-order valence-corrected chi connectivity index (χ3v) is 5.89. The maximum atomic E-state index is 13.1. The monoisotopic (exact) mass is 391 g/mol. The fourth-order valence-corrected chi connectivity index (χ4v) is 4.17. The second-order valence-corrected chi connectivity index (χ2v) is 7.92. The highest BCUT2D eigenvalue weighted by Crippen LogP contribution is 2.40. The summed E-state index contributed by atoms with van der Waals surface area (Å²) in [5.74, 6) is 0.168. The number of nitrogens with zero attached hydrogens (tertiary/aromatic N) is 4. The van der Waals surface area contributed by atoms with E-state index in [0.717, 1.165) is 34.8 Å². The number of aryl methyl sites for hydroxylation is 2. The van der Waals surface area contributed by atoms with Gasteiger partial charge in [-0.3, -0.25) is 15.1 Å². The Morgan fingerprint density at radius 2 is 2.07 bits per heavy atom. The smallest absolute Gasteiger partial charge is 0.259 e. The molecule has 1 saturated carbocycles. The van der Waals surface area contributed by atoms with E-state index < -0.39 is 0 Å². The van der Waals surface area contributed by atoms with Crippen LogP contribution in [0, 0.1) is 13.8 Å². The van der Waals surface area contributed by atoms with Gasteiger partial charge in [0.1, 0.15) is 0 Å². The minimum atomic E-state index is -0.234. The highest BCUT2D eigenvalue weighted by atomic mass is 32.1. The molecule has 1 N–H and O–H groups in total. The molecule has 7 nitrogen and oxygen atoms in total. The van der Waals surface area contributed by atoms with E-state index in [1.807, 2.05) is 38.1 Å². The highest BCUT2D eigenvalue weighted by Gasteiger charge is 2.29. The second kappa shape index (κ2) is 6.49. The number of carbonyl (C=O) groups is 1. The Hall–Kier alpha value is -3.13. The molecule has 8 heteroatoms. The van der Waals surface area contributed by atoms with E-state index in [2.05, 4.69) is 25.4 Å². The number of hydrogen-bond acceptors (Lipinski definition) is 7. The molecule has 0 radical (unpaired) electrons. The van der Waals surface area contributed by atoms with Crippen molar-refractivity contribution in [3.63, 3.8) is 0 Å². The first kappa shape index (κ1) is 17.0. The highest BCUT2D eigenvalue weighted by molar-refractivity contribution is 7.19. The van der Waals surface area contributed by atoms with Crippen molar-refractivity contribution in [2.75, 3.05) is 5.32 Å². The molecular weight excluding hydrogens is 374 g/mol. The van der Waals surface area contributed by atoms with Crippen LogP contribution in [0.4, 0.5) is 5.13 Å². The molecule has 4 aromatic heterocycles. The summed E-state index contributed by atoms with van der Waals surface area (Å²) in [5, 5.41) is 8.10. The maximum Gasteiger partial charge on any atom is 0.259 e. The van der Waals surface area contributed by atoms with Crippen LogP contribution in [0.5, 0.6) is 0 Å². The summed E-state index contributed by atoms with van der Waals surface area (Å²) in [5.41, 5.74) is 4.15. The Morgan fingerprint density at radius 1 is 1.21 bits per heavy atom. The number of carbonyl (C=O) groups excluding carboxylic acids is 1. The van der Waals surface area contributed by atoms with Gasteiger partial charge in [0.2, 0.25) is 0 Å². The van der Waals surface area contributed by atoms with E-state index in [9.17, 15) is 4.79 Å². The minimum absolute atomic E-state index is 0.234. The van der Waals surface area contributed by atoms with E-state index in [4.69, 9.17) is 4.52 Å². The van der Waals surface area contributed by atoms with Crippen LogP contribution in [0.15, 0.2) is 35.0 Å². The molecule has 1 aliphatic rings. The van der Waals surface area contributed by atoms with Crippen molar-refractivity contribution in [2.45, 2.75) is 32.6 Å². The van der Waals surface area contributed by atoms with Gasteiger partial charge in [-0.25, -0.2) is 9.97 Å². The zero-order valence-electron chi connectivity index (χ0n) is 15.4. The SMILES string of the molecule is Cc1nc(NC(=O)c2cc(C3CC3)nc3onc(C)c23)sc1-c1ccccn1.